The third kappa shape index (κ3) is 1.87. The Hall–Kier alpha value is -1.09. The highest BCUT2D eigenvalue weighted by Gasteiger charge is 2.18. The average Bonchev–Trinajstić information content (AvgIpc) is 2.23. The third-order valence-electron chi connectivity index (χ3n) is 2.73. The normalized spacial score (nSPS) is 22.2. The van der Waals surface area contributed by atoms with E-state index in [2.05, 4.69) is 5.32 Å². The molecule has 2 nitrogen and oxygen atoms in total. The van der Waals surface area contributed by atoms with Gasteiger partial charge in [-0.15, -0.1) is 0 Å². The van der Waals surface area contributed by atoms with E-state index >= 15 is 0 Å². The van der Waals surface area contributed by atoms with Crippen LogP contribution in [-0.2, 0) is 0 Å². The van der Waals surface area contributed by atoms with Crippen LogP contribution in [-0.4, -0.2) is 18.2 Å². The quantitative estimate of drug-likeness (QED) is 0.718. The van der Waals surface area contributed by atoms with Gasteiger partial charge in [0, 0.05) is 18.0 Å². The average molecular weight is 195 g/mol. The molecule has 2 N–H and O–H groups in total. The first kappa shape index (κ1) is 9.46. The molecule has 1 aromatic carbocycles. The second kappa shape index (κ2) is 3.96. The minimum atomic E-state index is -0.275. The molecule has 0 aromatic heterocycles. The first-order valence-electron chi connectivity index (χ1n) is 4.96. The summed E-state index contributed by atoms with van der Waals surface area (Å²) in [4.78, 5) is 0. The highest BCUT2D eigenvalue weighted by Crippen LogP contribution is 2.30. The van der Waals surface area contributed by atoms with Crippen molar-refractivity contribution in [3.05, 3.63) is 29.6 Å². The van der Waals surface area contributed by atoms with Crippen LogP contribution in [0, 0.1) is 5.82 Å². The van der Waals surface area contributed by atoms with Crippen molar-refractivity contribution in [1.82, 2.24) is 5.32 Å². The van der Waals surface area contributed by atoms with E-state index in [1.165, 1.54) is 18.2 Å². The molecule has 1 aromatic rings. The van der Waals surface area contributed by atoms with Gasteiger partial charge in [0.2, 0.25) is 0 Å². The lowest BCUT2D eigenvalue weighted by Gasteiger charge is -2.23. The number of hydrogen-bond donors (Lipinski definition) is 2. The molecule has 1 aliphatic heterocycles. The summed E-state index contributed by atoms with van der Waals surface area (Å²) in [7, 11) is 0. The largest absolute Gasteiger partial charge is 0.508 e. The number of halogens is 1. The Balaban J connectivity index is 2.24. The Morgan fingerprint density at radius 3 is 3.00 bits per heavy atom. The van der Waals surface area contributed by atoms with Crippen molar-refractivity contribution in [1.29, 1.82) is 0 Å². The van der Waals surface area contributed by atoms with E-state index in [9.17, 15) is 9.50 Å². The van der Waals surface area contributed by atoms with E-state index in [0.29, 0.717) is 0 Å². The Morgan fingerprint density at radius 1 is 1.43 bits per heavy atom. The number of rotatable bonds is 1. The molecular formula is C11H14FNO. The summed E-state index contributed by atoms with van der Waals surface area (Å²) in [5.41, 5.74) is 0.734. The molecule has 76 valence electrons. The van der Waals surface area contributed by atoms with Crippen molar-refractivity contribution >= 4 is 0 Å². The number of nitrogens with one attached hydrogen (secondary N) is 1. The lowest BCUT2D eigenvalue weighted by atomic mass is 9.91. The molecule has 0 bridgehead atoms. The molecule has 1 aliphatic rings. The molecule has 0 amide bonds. The Morgan fingerprint density at radius 2 is 2.29 bits per heavy atom. The van der Waals surface area contributed by atoms with E-state index in [0.717, 1.165) is 31.5 Å². The van der Waals surface area contributed by atoms with Gasteiger partial charge < -0.3 is 10.4 Å². The fourth-order valence-corrected chi connectivity index (χ4v) is 1.97. The SMILES string of the molecule is Oc1ccc(F)cc1[C@@H]1CCCNC1. The summed E-state index contributed by atoms with van der Waals surface area (Å²) in [6, 6.07) is 4.15. The van der Waals surface area contributed by atoms with Crippen LogP contribution in [0.2, 0.25) is 0 Å². The number of piperidine rings is 1. The number of benzene rings is 1. The number of hydrogen-bond acceptors (Lipinski definition) is 2. The molecule has 1 heterocycles. The van der Waals surface area contributed by atoms with E-state index < -0.39 is 0 Å². The second-order valence-corrected chi connectivity index (χ2v) is 3.75. The third-order valence-corrected chi connectivity index (χ3v) is 2.73. The van der Waals surface area contributed by atoms with Gasteiger partial charge in [-0.05, 0) is 37.6 Å². The van der Waals surface area contributed by atoms with Crippen LogP contribution < -0.4 is 5.32 Å². The number of aromatic hydroxyl groups is 1. The lowest BCUT2D eigenvalue weighted by Crippen LogP contribution is -2.28. The molecule has 1 saturated heterocycles. The Bertz CT molecular complexity index is 321. The topological polar surface area (TPSA) is 32.3 Å². The van der Waals surface area contributed by atoms with Gasteiger partial charge >= 0.3 is 0 Å². The predicted octanol–water partition coefficient (Wildman–Crippen LogP) is 2.00. The van der Waals surface area contributed by atoms with Gasteiger partial charge in [0.05, 0.1) is 0 Å². The summed E-state index contributed by atoms with van der Waals surface area (Å²) in [5, 5.41) is 12.8. The van der Waals surface area contributed by atoms with Gasteiger partial charge in [0.25, 0.3) is 0 Å². The Kier molecular flexibility index (Phi) is 2.68. The lowest BCUT2D eigenvalue weighted by molar-refractivity contribution is 0.423. The first-order valence-corrected chi connectivity index (χ1v) is 4.96. The molecule has 3 heteroatoms. The minimum Gasteiger partial charge on any atom is -0.508 e. The van der Waals surface area contributed by atoms with Crippen LogP contribution in [0.15, 0.2) is 18.2 Å². The van der Waals surface area contributed by atoms with Gasteiger partial charge in [-0.3, -0.25) is 0 Å². The summed E-state index contributed by atoms with van der Waals surface area (Å²) >= 11 is 0. The van der Waals surface area contributed by atoms with Gasteiger partial charge in [-0.1, -0.05) is 0 Å². The summed E-state index contributed by atoms with van der Waals surface area (Å²) in [5.74, 6) is 0.183. The maximum atomic E-state index is 13.0. The number of phenolic OH excluding ortho intramolecular Hbond substituents is 1. The van der Waals surface area contributed by atoms with Crippen molar-refractivity contribution in [2.75, 3.05) is 13.1 Å². The monoisotopic (exact) mass is 195 g/mol. The summed E-state index contributed by atoms with van der Waals surface area (Å²) in [6.07, 6.45) is 2.10. The smallest absolute Gasteiger partial charge is 0.123 e. The molecule has 1 atom stereocenters. The van der Waals surface area contributed by atoms with E-state index in [-0.39, 0.29) is 17.5 Å². The van der Waals surface area contributed by atoms with Gasteiger partial charge in [-0.25, -0.2) is 4.39 Å². The molecule has 0 spiro atoms. The van der Waals surface area contributed by atoms with Crippen LogP contribution in [0.4, 0.5) is 4.39 Å². The molecule has 0 aliphatic carbocycles. The number of phenols is 1. The molecule has 1 fully saturated rings. The molecular weight excluding hydrogens is 181 g/mol. The summed E-state index contributed by atoms with van der Waals surface area (Å²) in [6.45, 7) is 1.85. The molecule has 14 heavy (non-hydrogen) atoms. The van der Waals surface area contributed by atoms with E-state index in [4.69, 9.17) is 0 Å². The Labute approximate surface area is 82.8 Å². The molecule has 2 rings (SSSR count). The fourth-order valence-electron chi connectivity index (χ4n) is 1.97. The predicted molar refractivity (Wildman–Crippen MR) is 52.9 cm³/mol. The van der Waals surface area contributed by atoms with Crippen LogP contribution in [0.1, 0.15) is 24.3 Å². The highest BCUT2D eigenvalue weighted by atomic mass is 19.1. The van der Waals surface area contributed by atoms with Gasteiger partial charge in [0.1, 0.15) is 11.6 Å². The van der Waals surface area contributed by atoms with Crippen LogP contribution in [0.25, 0.3) is 0 Å². The highest BCUT2D eigenvalue weighted by molar-refractivity contribution is 5.36. The maximum absolute atomic E-state index is 13.0. The summed E-state index contributed by atoms with van der Waals surface area (Å²) < 4.78 is 13.0. The maximum Gasteiger partial charge on any atom is 0.123 e. The van der Waals surface area contributed by atoms with E-state index in [1.54, 1.807) is 0 Å². The zero-order valence-corrected chi connectivity index (χ0v) is 7.96. The molecule has 0 unspecified atom stereocenters. The first-order chi connectivity index (χ1) is 6.77. The van der Waals surface area contributed by atoms with E-state index in [1.807, 2.05) is 0 Å². The van der Waals surface area contributed by atoms with Crippen molar-refractivity contribution in [3.8, 4) is 5.75 Å². The van der Waals surface area contributed by atoms with Crippen molar-refractivity contribution < 1.29 is 9.50 Å². The van der Waals surface area contributed by atoms with Crippen LogP contribution >= 0.6 is 0 Å². The minimum absolute atomic E-state index is 0.208. The zero-order chi connectivity index (χ0) is 9.97. The molecule has 0 saturated carbocycles. The fraction of sp³-hybridized carbons (Fsp3) is 0.455. The van der Waals surface area contributed by atoms with Gasteiger partial charge in [-0.2, -0.15) is 0 Å². The second-order valence-electron chi connectivity index (χ2n) is 3.75. The van der Waals surface area contributed by atoms with Crippen LogP contribution in [0.5, 0.6) is 5.75 Å². The van der Waals surface area contributed by atoms with Crippen molar-refractivity contribution in [3.63, 3.8) is 0 Å². The van der Waals surface area contributed by atoms with Crippen molar-refractivity contribution in [2.45, 2.75) is 18.8 Å². The van der Waals surface area contributed by atoms with Crippen LogP contribution in [0.3, 0.4) is 0 Å². The van der Waals surface area contributed by atoms with Crippen molar-refractivity contribution in [2.24, 2.45) is 0 Å². The standard InChI is InChI=1S/C11H14FNO/c12-9-3-4-11(14)10(6-9)8-2-1-5-13-7-8/h3-4,6,8,13-14H,1-2,5,7H2/t8-/m1/s1. The van der Waals surface area contributed by atoms with Gasteiger partial charge in [0.15, 0.2) is 0 Å². The molecule has 0 radical (unpaired) electrons. The zero-order valence-electron chi connectivity index (χ0n) is 7.96.